The van der Waals surface area contributed by atoms with Crippen LogP contribution in [0, 0.1) is 0 Å². The highest BCUT2D eigenvalue weighted by molar-refractivity contribution is 7.98. The van der Waals surface area contributed by atoms with E-state index >= 15 is 0 Å². The van der Waals surface area contributed by atoms with Crippen LogP contribution in [-0.4, -0.2) is 23.1 Å². The van der Waals surface area contributed by atoms with Gasteiger partial charge in [-0.2, -0.15) is 0 Å². The fourth-order valence-corrected chi connectivity index (χ4v) is 1.71. The van der Waals surface area contributed by atoms with Gasteiger partial charge in [0, 0.05) is 15.9 Å². The molecule has 0 bridgehead atoms. The standard InChI is InChI=1S/C11H16O2S/c1-11(2,7-12)9-6-8(14-3)4-5-10(9)13/h4-6,12-13H,7H2,1-3H3. The summed E-state index contributed by atoms with van der Waals surface area (Å²) >= 11 is 1.63. The fraction of sp³-hybridized carbons (Fsp3) is 0.455. The maximum absolute atomic E-state index is 9.68. The van der Waals surface area contributed by atoms with Gasteiger partial charge in [0.15, 0.2) is 0 Å². The number of aromatic hydroxyl groups is 1. The molecule has 0 fully saturated rings. The molecular weight excluding hydrogens is 196 g/mol. The summed E-state index contributed by atoms with van der Waals surface area (Å²) in [6.07, 6.45) is 1.99. The molecule has 1 aromatic carbocycles. The molecule has 1 rings (SSSR count). The fourth-order valence-electron chi connectivity index (χ4n) is 1.27. The van der Waals surface area contributed by atoms with Crippen LogP contribution < -0.4 is 0 Å². The molecule has 78 valence electrons. The summed E-state index contributed by atoms with van der Waals surface area (Å²) in [5.41, 5.74) is 0.405. The highest BCUT2D eigenvalue weighted by Crippen LogP contribution is 2.33. The second kappa shape index (κ2) is 4.24. The molecule has 0 aliphatic heterocycles. The van der Waals surface area contributed by atoms with Gasteiger partial charge < -0.3 is 10.2 Å². The lowest BCUT2D eigenvalue weighted by atomic mass is 9.85. The topological polar surface area (TPSA) is 40.5 Å². The van der Waals surface area contributed by atoms with Crippen LogP contribution >= 0.6 is 11.8 Å². The Bertz CT molecular complexity index is 321. The number of hydrogen-bond donors (Lipinski definition) is 2. The minimum Gasteiger partial charge on any atom is -0.508 e. The van der Waals surface area contributed by atoms with Gasteiger partial charge in [-0.25, -0.2) is 0 Å². The number of aliphatic hydroxyl groups is 1. The van der Waals surface area contributed by atoms with Crippen LogP contribution in [0.15, 0.2) is 23.1 Å². The first-order chi connectivity index (χ1) is 6.51. The monoisotopic (exact) mass is 212 g/mol. The Balaban J connectivity index is 3.18. The van der Waals surface area contributed by atoms with Gasteiger partial charge >= 0.3 is 0 Å². The van der Waals surface area contributed by atoms with E-state index < -0.39 is 5.41 Å². The van der Waals surface area contributed by atoms with Gasteiger partial charge in [0.1, 0.15) is 5.75 Å². The molecular formula is C11H16O2S. The lowest BCUT2D eigenvalue weighted by Crippen LogP contribution is -2.22. The number of hydrogen-bond acceptors (Lipinski definition) is 3. The number of benzene rings is 1. The van der Waals surface area contributed by atoms with E-state index in [0.717, 1.165) is 10.5 Å². The van der Waals surface area contributed by atoms with Crippen molar-refractivity contribution in [2.45, 2.75) is 24.2 Å². The van der Waals surface area contributed by atoms with Crippen molar-refractivity contribution in [1.29, 1.82) is 0 Å². The molecule has 2 N–H and O–H groups in total. The number of thioether (sulfide) groups is 1. The molecule has 0 atom stereocenters. The van der Waals surface area contributed by atoms with Gasteiger partial charge in [-0.15, -0.1) is 11.8 Å². The van der Waals surface area contributed by atoms with Crippen molar-refractivity contribution >= 4 is 11.8 Å². The van der Waals surface area contributed by atoms with Gasteiger partial charge in [-0.1, -0.05) is 13.8 Å². The largest absolute Gasteiger partial charge is 0.508 e. The molecule has 0 aliphatic carbocycles. The van der Waals surface area contributed by atoms with Crippen LogP contribution in [-0.2, 0) is 5.41 Å². The zero-order valence-electron chi connectivity index (χ0n) is 8.74. The predicted molar refractivity (Wildman–Crippen MR) is 60.0 cm³/mol. The maximum atomic E-state index is 9.68. The lowest BCUT2D eigenvalue weighted by molar-refractivity contribution is 0.215. The van der Waals surface area contributed by atoms with Gasteiger partial charge in [0.05, 0.1) is 6.61 Å². The van der Waals surface area contributed by atoms with Crippen LogP contribution in [0.4, 0.5) is 0 Å². The molecule has 3 heteroatoms. The van der Waals surface area contributed by atoms with Crippen molar-refractivity contribution in [2.24, 2.45) is 0 Å². The number of rotatable bonds is 3. The summed E-state index contributed by atoms with van der Waals surface area (Å²) in [7, 11) is 0. The molecule has 14 heavy (non-hydrogen) atoms. The van der Waals surface area contributed by atoms with E-state index in [1.807, 2.05) is 32.2 Å². The average molecular weight is 212 g/mol. The molecule has 0 unspecified atom stereocenters. The Labute approximate surface area is 89.0 Å². The van der Waals surface area contributed by atoms with Crippen molar-refractivity contribution in [3.8, 4) is 5.75 Å². The quantitative estimate of drug-likeness (QED) is 0.756. The highest BCUT2D eigenvalue weighted by atomic mass is 32.2. The maximum Gasteiger partial charge on any atom is 0.119 e. The molecule has 0 spiro atoms. The van der Waals surface area contributed by atoms with Crippen molar-refractivity contribution in [3.05, 3.63) is 23.8 Å². The van der Waals surface area contributed by atoms with Crippen molar-refractivity contribution < 1.29 is 10.2 Å². The normalized spacial score (nSPS) is 11.7. The first-order valence-electron chi connectivity index (χ1n) is 4.49. The van der Waals surface area contributed by atoms with E-state index in [9.17, 15) is 10.2 Å². The molecule has 0 radical (unpaired) electrons. The molecule has 0 heterocycles. The number of phenols is 1. The van der Waals surface area contributed by atoms with E-state index in [-0.39, 0.29) is 12.4 Å². The summed E-state index contributed by atoms with van der Waals surface area (Å²) in [5, 5.41) is 18.9. The summed E-state index contributed by atoms with van der Waals surface area (Å²) < 4.78 is 0. The summed E-state index contributed by atoms with van der Waals surface area (Å²) in [6.45, 7) is 3.84. The van der Waals surface area contributed by atoms with Gasteiger partial charge in [-0.05, 0) is 24.5 Å². The Morgan fingerprint density at radius 1 is 1.36 bits per heavy atom. The van der Waals surface area contributed by atoms with E-state index in [1.54, 1.807) is 17.8 Å². The van der Waals surface area contributed by atoms with Crippen molar-refractivity contribution in [2.75, 3.05) is 12.9 Å². The second-order valence-corrected chi connectivity index (χ2v) is 4.80. The molecule has 0 aliphatic rings. The minimum absolute atomic E-state index is 0.0262. The second-order valence-electron chi connectivity index (χ2n) is 3.93. The Kier molecular flexibility index (Phi) is 3.45. The van der Waals surface area contributed by atoms with E-state index in [1.165, 1.54) is 0 Å². The third-order valence-electron chi connectivity index (χ3n) is 2.33. The third-order valence-corrected chi connectivity index (χ3v) is 3.05. The number of aliphatic hydroxyl groups excluding tert-OH is 1. The van der Waals surface area contributed by atoms with Crippen molar-refractivity contribution in [3.63, 3.8) is 0 Å². The number of phenolic OH excluding ortho intramolecular Hbond substituents is 1. The smallest absolute Gasteiger partial charge is 0.119 e. The predicted octanol–water partition coefficient (Wildman–Crippen LogP) is 2.38. The highest BCUT2D eigenvalue weighted by Gasteiger charge is 2.23. The van der Waals surface area contributed by atoms with Gasteiger partial charge in [0.2, 0.25) is 0 Å². The zero-order valence-corrected chi connectivity index (χ0v) is 9.56. The molecule has 2 nitrogen and oxygen atoms in total. The SMILES string of the molecule is CSc1ccc(O)c(C(C)(C)CO)c1. The van der Waals surface area contributed by atoms with Gasteiger partial charge in [-0.3, -0.25) is 0 Å². The summed E-state index contributed by atoms with van der Waals surface area (Å²) in [5.74, 6) is 0.252. The molecule has 0 aromatic heterocycles. The van der Waals surface area contributed by atoms with Gasteiger partial charge in [0.25, 0.3) is 0 Å². The summed E-state index contributed by atoms with van der Waals surface area (Å²) in [4.78, 5) is 1.10. The molecule has 0 amide bonds. The van der Waals surface area contributed by atoms with Crippen LogP contribution in [0.1, 0.15) is 19.4 Å². The van der Waals surface area contributed by atoms with E-state index in [4.69, 9.17) is 0 Å². The van der Waals surface area contributed by atoms with Crippen LogP contribution in [0.25, 0.3) is 0 Å². The van der Waals surface area contributed by atoms with E-state index in [0.29, 0.717) is 0 Å². The first-order valence-corrected chi connectivity index (χ1v) is 5.72. The average Bonchev–Trinajstić information content (AvgIpc) is 2.18. The zero-order chi connectivity index (χ0) is 10.8. The first kappa shape index (κ1) is 11.4. The van der Waals surface area contributed by atoms with Crippen LogP contribution in [0.3, 0.4) is 0 Å². The van der Waals surface area contributed by atoms with Crippen molar-refractivity contribution in [1.82, 2.24) is 0 Å². The Morgan fingerprint density at radius 3 is 2.50 bits per heavy atom. The minimum atomic E-state index is -0.393. The van der Waals surface area contributed by atoms with Crippen LogP contribution in [0.2, 0.25) is 0 Å². The molecule has 0 saturated heterocycles. The third kappa shape index (κ3) is 2.22. The lowest BCUT2D eigenvalue weighted by Gasteiger charge is -2.23. The van der Waals surface area contributed by atoms with Crippen LogP contribution in [0.5, 0.6) is 5.75 Å². The van der Waals surface area contributed by atoms with E-state index in [2.05, 4.69) is 0 Å². The molecule has 0 saturated carbocycles. The Morgan fingerprint density at radius 2 is 2.00 bits per heavy atom. The Hall–Kier alpha value is -0.670. The molecule has 1 aromatic rings. The summed E-state index contributed by atoms with van der Waals surface area (Å²) in [6, 6.07) is 5.48.